The fraction of sp³-hybridized carbons (Fsp3) is 0.600. The Hall–Kier alpha value is -1.40. The molecule has 0 spiro atoms. The molecule has 0 saturated heterocycles. The molecule has 0 aliphatic heterocycles. The number of rotatable bonds is 6. The highest BCUT2D eigenvalue weighted by Gasteiger charge is 2.08. The van der Waals surface area contributed by atoms with Crippen LogP contribution in [0, 0.1) is 0 Å². The molecule has 0 aromatic rings. The van der Waals surface area contributed by atoms with Crippen LogP contribution >= 0.6 is 0 Å². The molecule has 2 atom stereocenters. The lowest BCUT2D eigenvalue weighted by molar-refractivity contribution is -0.164. The number of hydrogen-bond acceptors (Lipinski definition) is 6. The molecule has 0 radical (unpaired) electrons. The summed E-state index contributed by atoms with van der Waals surface area (Å²) in [5.74, 6) is -1.70. The van der Waals surface area contributed by atoms with Gasteiger partial charge in [0.15, 0.2) is 0 Å². The number of carbonyl (C=O) groups excluding carboxylic acids is 2. The van der Waals surface area contributed by atoms with Crippen molar-refractivity contribution in [3.8, 4) is 0 Å². The van der Waals surface area contributed by atoms with Gasteiger partial charge in [-0.3, -0.25) is 0 Å². The van der Waals surface area contributed by atoms with Gasteiger partial charge in [-0.25, -0.2) is 9.59 Å². The molecule has 0 bridgehead atoms. The quantitative estimate of drug-likeness (QED) is 0.383. The van der Waals surface area contributed by atoms with Crippen LogP contribution in [0.1, 0.15) is 26.7 Å². The van der Waals surface area contributed by atoms with Gasteiger partial charge >= 0.3 is 11.9 Å². The first-order valence-corrected chi connectivity index (χ1v) is 4.95. The lowest BCUT2D eigenvalue weighted by Gasteiger charge is -2.08. The Morgan fingerprint density at radius 3 is 1.56 bits per heavy atom. The van der Waals surface area contributed by atoms with Gasteiger partial charge < -0.3 is 19.7 Å². The molecule has 0 aromatic heterocycles. The summed E-state index contributed by atoms with van der Waals surface area (Å²) in [6, 6.07) is 0. The van der Waals surface area contributed by atoms with E-state index in [9.17, 15) is 9.59 Å². The van der Waals surface area contributed by atoms with Crippen molar-refractivity contribution in [3.63, 3.8) is 0 Å². The molecule has 6 nitrogen and oxygen atoms in total. The first-order valence-electron chi connectivity index (χ1n) is 4.95. The van der Waals surface area contributed by atoms with Gasteiger partial charge in [0.25, 0.3) is 0 Å². The van der Waals surface area contributed by atoms with E-state index < -0.39 is 24.5 Å². The van der Waals surface area contributed by atoms with Crippen LogP contribution in [0.4, 0.5) is 0 Å². The molecule has 6 heteroatoms. The Bertz CT molecular complexity index is 234. The molecule has 0 aromatic carbocycles. The summed E-state index contributed by atoms with van der Waals surface area (Å²) in [6.07, 6.45) is -0.201. The molecule has 0 amide bonds. The van der Waals surface area contributed by atoms with Crippen LogP contribution in [0.25, 0.3) is 0 Å². The first kappa shape index (κ1) is 14.6. The maximum absolute atomic E-state index is 10.9. The Labute approximate surface area is 93.5 Å². The van der Waals surface area contributed by atoms with Crippen molar-refractivity contribution in [1.29, 1.82) is 0 Å². The van der Waals surface area contributed by atoms with Crippen LogP contribution in [0.15, 0.2) is 12.2 Å². The van der Waals surface area contributed by atoms with Gasteiger partial charge in [0, 0.05) is 25.0 Å². The maximum atomic E-state index is 10.9. The monoisotopic (exact) mass is 232 g/mol. The molecular weight excluding hydrogens is 216 g/mol. The number of ether oxygens (including phenoxy) is 2. The number of carbonyl (C=O) groups is 2. The minimum Gasteiger partial charge on any atom is -0.433 e. The van der Waals surface area contributed by atoms with Crippen LogP contribution in [-0.4, -0.2) is 34.7 Å². The summed E-state index contributed by atoms with van der Waals surface area (Å²) in [7, 11) is 0. The molecule has 0 fully saturated rings. The lowest BCUT2D eigenvalue weighted by atomic mass is 10.4. The third kappa shape index (κ3) is 6.97. The van der Waals surface area contributed by atoms with Gasteiger partial charge in [-0.05, 0) is 0 Å². The van der Waals surface area contributed by atoms with E-state index in [0.29, 0.717) is 0 Å². The van der Waals surface area contributed by atoms with Crippen LogP contribution < -0.4 is 0 Å². The van der Waals surface area contributed by atoms with E-state index in [1.54, 1.807) is 13.8 Å². The molecule has 2 N–H and O–H groups in total. The summed E-state index contributed by atoms with van der Waals surface area (Å²) in [5, 5.41) is 17.9. The van der Waals surface area contributed by atoms with E-state index in [4.69, 9.17) is 10.2 Å². The summed E-state index contributed by atoms with van der Waals surface area (Å²) >= 11 is 0. The van der Waals surface area contributed by atoms with Crippen molar-refractivity contribution in [2.45, 2.75) is 39.3 Å². The average Bonchev–Trinajstić information content (AvgIpc) is 2.26. The minimum absolute atomic E-state index is 0.262. The number of aliphatic hydroxyl groups excluding tert-OH is 2. The molecule has 2 unspecified atom stereocenters. The normalized spacial score (nSPS) is 14.5. The number of aliphatic hydroxyl groups is 2. The van der Waals surface area contributed by atoms with Crippen molar-refractivity contribution in [1.82, 2.24) is 0 Å². The summed E-state index contributed by atoms with van der Waals surface area (Å²) < 4.78 is 8.88. The number of esters is 2. The van der Waals surface area contributed by atoms with Gasteiger partial charge in [-0.1, -0.05) is 13.8 Å². The van der Waals surface area contributed by atoms with E-state index in [2.05, 4.69) is 9.47 Å². The highest BCUT2D eigenvalue weighted by molar-refractivity contribution is 5.91. The Kier molecular flexibility index (Phi) is 7.15. The molecule has 0 aliphatic carbocycles. The van der Waals surface area contributed by atoms with Gasteiger partial charge in [0.1, 0.15) is 0 Å². The molecule has 92 valence electrons. The summed E-state index contributed by atoms with van der Waals surface area (Å²) in [4.78, 5) is 21.9. The van der Waals surface area contributed by atoms with Gasteiger partial charge in [0.2, 0.25) is 12.6 Å². The molecule has 0 heterocycles. The predicted molar refractivity (Wildman–Crippen MR) is 53.9 cm³/mol. The standard InChI is InChI=1S/C10H16O6/c1-3-7(11)15-9(13)5-6-10(14)16-8(12)4-2/h5-8,11-12H,3-4H2,1-2H3. The van der Waals surface area contributed by atoms with Crippen LogP contribution in [0.2, 0.25) is 0 Å². The molecule has 0 saturated carbocycles. The minimum atomic E-state index is -1.19. The highest BCUT2D eigenvalue weighted by Crippen LogP contribution is 1.96. The maximum Gasteiger partial charge on any atom is 0.333 e. The zero-order chi connectivity index (χ0) is 12.6. The molecule has 0 rings (SSSR count). The second-order valence-corrected chi connectivity index (χ2v) is 2.93. The molecule has 0 aliphatic rings. The Balaban J connectivity index is 3.98. The van der Waals surface area contributed by atoms with Crippen molar-refractivity contribution in [3.05, 3.63) is 12.2 Å². The highest BCUT2D eigenvalue weighted by atomic mass is 16.6. The van der Waals surface area contributed by atoms with Gasteiger partial charge in [0.05, 0.1) is 0 Å². The van der Waals surface area contributed by atoms with Crippen molar-refractivity contribution >= 4 is 11.9 Å². The van der Waals surface area contributed by atoms with Crippen molar-refractivity contribution in [2.75, 3.05) is 0 Å². The van der Waals surface area contributed by atoms with E-state index in [-0.39, 0.29) is 12.8 Å². The van der Waals surface area contributed by atoms with Crippen molar-refractivity contribution in [2.24, 2.45) is 0 Å². The van der Waals surface area contributed by atoms with E-state index in [1.807, 2.05) is 0 Å². The predicted octanol–water partition coefficient (Wildman–Crippen LogP) is 0.0858. The van der Waals surface area contributed by atoms with Crippen LogP contribution in [0.5, 0.6) is 0 Å². The SMILES string of the molecule is CCC(O)OC(=O)C=CC(=O)OC(O)CC. The Morgan fingerprint density at radius 1 is 1.00 bits per heavy atom. The topological polar surface area (TPSA) is 93.1 Å². The largest absolute Gasteiger partial charge is 0.433 e. The van der Waals surface area contributed by atoms with Crippen LogP contribution in [0.3, 0.4) is 0 Å². The van der Waals surface area contributed by atoms with Gasteiger partial charge in [-0.15, -0.1) is 0 Å². The lowest BCUT2D eigenvalue weighted by Crippen LogP contribution is -2.16. The number of hydrogen-bond donors (Lipinski definition) is 2. The average molecular weight is 232 g/mol. The Morgan fingerprint density at radius 2 is 1.31 bits per heavy atom. The van der Waals surface area contributed by atoms with E-state index in [0.717, 1.165) is 12.2 Å². The summed E-state index contributed by atoms with van der Waals surface area (Å²) in [5.41, 5.74) is 0. The summed E-state index contributed by atoms with van der Waals surface area (Å²) in [6.45, 7) is 3.26. The second kappa shape index (κ2) is 7.84. The third-order valence-corrected chi connectivity index (χ3v) is 1.56. The van der Waals surface area contributed by atoms with Crippen molar-refractivity contribution < 1.29 is 29.3 Å². The van der Waals surface area contributed by atoms with Crippen LogP contribution in [-0.2, 0) is 19.1 Å². The van der Waals surface area contributed by atoms with Gasteiger partial charge in [-0.2, -0.15) is 0 Å². The fourth-order valence-electron chi connectivity index (χ4n) is 0.649. The smallest absolute Gasteiger partial charge is 0.333 e. The first-order chi connectivity index (χ1) is 7.49. The van der Waals surface area contributed by atoms with E-state index >= 15 is 0 Å². The second-order valence-electron chi connectivity index (χ2n) is 2.93. The fourth-order valence-corrected chi connectivity index (χ4v) is 0.649. The zero-order valence-corrected chi connectivity index (χ0v) is 9.25. The molecule has 16 heavy (non-hydrogen) atoms. The third-order valence-electron chi connectivity index (χ3n) is 1.56. The molecular formula is C10H16O6. The zero-order valence-electron chi connectivity index (χ0n) is 9.25. The van der Waals surface area contributed by atoms with E-state index in [1.165, 1.54) is 0 Å².